The zero-order valence-electron chi connectivity index (χ0n) is 27.3. The number of hydrazine groups is 1. The average molecular weight is 610 g/mol. The average Bonchev–Trinajstić information content (AvgIpc) is 3.39. The second-order valence-electron chi connectivity index (χ2n) is 12.2. The van der Waals surface area contributed by atoms with Crippen LogP contribution in [0.4, 0.5) is 10.5 Å². The molecule has 1 N–H and O–H groups in total. The lowest BCUT2D eigenvalue weighted by Crippen LogP contribution is -2.51. The van der Waals surface area contributed by atoms with E-state index in [1.165, 1.54) is 4.90 Å². The molecule has 11 heteroatoms. The fraction of sp³-hybridized carbons (Fsp3) is 0.515. The molecule has 0 saturated carbocycles. The first-order valence-electron chi connectivity index (χ1n) is 15.1. The summed E-state index contributed by atoms with van der Waals surface area (Å²) in [6.07, 6.45) is -0.484. The number of amides is 3. The van der Waals surface area contributed by atoms with Crippen LogP contribution in [0.15, 0.2) is 42.5 Å². The number of benzene rings is 2. The van der Waals surface area contributed by atoms with Crippen LogP contribution in [-0.4, -0.2) is 95.2 Å². The van der Waals surface area contributed by atoms with Gasteiger partial charge in [-0.25, -0.2) is 14.6 Å². The van der Waals surface area contributed by atoms with Crippen LogP contribution in [0, 0.1) is 6.92 Å². The van der Waals surface area contributed by atoms with Crippen LogP contribution in [0.3, 0.4) is 0 Å². The molecule has 1 heterocycles. The molecule has 0 aromatic heterocycles. The summed E-state index contributed by atoms with van der Waals surface area (Å²) in [7, 11) is 1.71. The van der Waals surface area contributed by atoms with E-state index in [0.717, 1.165) is 16.7 Å². The molecular formula is C33H47N5O6. The normalized spacial score (nSPS) is 12.8. The highest BCUT2D eigenvalue weighted by atomic mass is 16.6. The molecule has 0 radical (unpaired) electrons. The summed E-state index contributed by atoms with van der Waals surface area (Å²) < 4.78 is 10.7. The van der Waals surface area contributed by atoms with Gasteiger partial charge in [0.25, 0.3) is 5.91 Å². The van der Waals surface area contributed by atoms with Gasteiger partial charge in [-0.3, -0.25) is 14.6 Å². The van der Waals surface area contributed by atoms with Crippen LogP contribution < -0.4 is 5.32 Å². The van der Waals surface area contributed by atoms with Crippen molar-refractivity contribution >= 4 is 29.6 Å². The molecule has 2 aromatic carbocycles. The second kappa shape index (κ2) is 15.1. The minimum Gasteiger partial charge on any atom is -0.462 e. The Hall–Kier alpha value is -4.12. The molecule has 0 unspecified atom stereocenters. The van der Waals surface area contributed by atoms with E-state index in [-0.39, 0.29) is 50.6 Å². The van der Waals surface area contributed by atoms with Crippen LogP contribution in [0.1, 0.15) is 68.6 Å². The first kappa shape index (κ1) is 34.4. The van der Waals surface area contributed by atoms with E-state index in [4.69, 9.17) is 9.47 Å². The van der Waals surface area contributed by atoms with Crippen LogP contribution in [0.2, 0.25) is 0 Å². The monoisotopic (exact) mass is 609 g/mol. The smallest absolute Gasteiger partial charge is 0.410 e. The maximum absolute atomic E-state index is 13.6. The van der Waals surface area contributed by atoms with Crippen molar-refractivity contribution in [2.24, 2.45) is 0 Å². The Morgan fingerprint density at radius 2 is 1.61 bits per heavy atom. The molecular weight excluding hydrogens is 562 g/mol. The molecule has 0 atom stereocenters. The van der Waals surface area contributed by atoms with Crippen LogP contribution in [-0.2, 0) is 32.2 Å². The van der Waals surface area contributed by atoms with Gasteiger partial charge in [-0.1, -0.05) is 30.3 Å². The Labute approximate surface area is 261 Å². The predicted molar refractivity (Wildman–Crippen MR) is 169 cm³/mol. The van der Waals surface area contributed by atoms with Crippen molar-refractivity contribution in [3.05, 3.63) is 64.7 Å². The molecule has 0 spiro atoms. The van der Waals surface area contributed by atoms with Crippen molar-refractivity contribution in [1.82, 2.24) is 19.8 Å². The quantitative estimate of drug-likeness (QED) is 0.352. The molecule has 240 valence electrons. The van der Waals surface area contributed by atoms with Gasteiger partial charge in [0.15, 0.2) is 0 Å². The Kier molecular flexibility index (Phi) is 11.8. The van der Waals surface area contributed by atoms with Crippen molar-refractivity contribution in [3.8, 4) is 0 Å². The number of likely N-dealkylation sites (N-methyl/N-ethyl adjacent to an activating group) is 1. The minimum atomic E-state index is -0.675. The number of hydrogen-bond acceptors (Lipinski definition) is 8. The van der Waals surface area contributed by atoms with Gasteiger partial charge in [-0.05, 0) is 77.3 Å². The highest BCUT2D eigenvalue weighted by Crippen LogP contribution is 2.23. The first-order valence-corrected chi connectivity index (χ1v) is 15.1. The van der Waals surface area contributed by atoms with Crippen molar-refractivity contribution < 1.29 is 28.7 Å². The molecule has 11 nitrogen and oxygen atoms in total. The lowest BCUT2D eigenvalue weighted by molar-refractivity contribution is -0.151. The fourth-order valence-electron chi connectivity index (χ4n) is 4.79. The molecule has 44 heavy (non-hydrogen) atoms. The Balaban J connectivity index is 1.76. The number of nitrogens with one attached hydrogen (secondary N) is 1. The molecule has 1 aliphatic heterocycles. The number of fused-ring (bicyclic) bond motifs is 1. The molecule has 0 fully saturated rings. The summed E-state index contributed by atoms with van der Waals surface area (Å²) in [6, 6.07) is 13.0. The van der Waals surface area contributed by atoms with Crippen LogP contribution in [0.5, 0.6) is 0 Å². The van der Waals surface area contributed by atoms with Crippen molar-refractivity contribution in [2.45, 2.75) is 73.2 Å². The van der Waals surface area contributed by atoms with Gasteiger partial charge in [-0.2, -0.15) is 0 Å². The summed E-state index contributed by atoms with van der Waals surface area (Å²) in [6.45, 7) is 14.2. The summed E-state index contributed by atoms with van der Waals surface area (Å²) in [4.78, 5) is 55.4. The summed E-state index contributed by atoms with van der Waals surface area (Å²) in [5.74, 6) is -1.03. The number of rotatable bonds is 12. The molecule has 0 saturated heterocycles. The summed E-state index contributed by atoms with van der Waals surface area (Å²) >= 11 is 0. The highest BCUT2D eigenvalue weighted by Gasteiger charge is 2.29. The molecule has 3 amide bonds. The molecule has 3 rings (SSSR count). The van der Waals surface area contributed by atoms with E-state index in [1.54, 1.807) is 62.9 Å². The number of aryl methyl sites for hydroxylation is 1. The van der Waals surface area contributed by atoms with Crippen molar-refractivity contribution in [1.29, 1.82) is 0 Å². The molecule has 2 aromatic rings. The molecule has 0 bridgehead atoms. The second-order valence-corrected chi connectivity index (χ2v) is 12.2. The van der Waals surface area contributed by atoms with Gasteiger partial charge >= 0.3 is 12.1 Å². The third kappa shape index (κ3) is 9.44. The molecule has 0 aliphatic carbocycles. The number of carbonyl (C=O) groups excluding carboxylic acids is 4. The topological polar surface area (TPSA) is 112 Å². The number of anilines is 1. The van der Waals surface area contributed by atoms with E-state index in [1.807, 2.05) is 50.0 Å². The van der Waals surface area contributed by atoms with E-state index in [9.17, 15) is 19.2 Å². The van der Waals surface area contributed by atoms with Gasteiger partial charge < -0.3 is 24.6 Å². The van der Waals surface area contributed by atoms with E-state index in [0.29, 0.717) is 24.3 Å². The number of hydrogen-bond donors (Lipinski definition) is 1. The Morgan fingerprint density at radius 1 is 0.977 bits per heavy atom. The lowest BCUT2D eigenvalue weighted by atomic mass is 10.1. The van der Waals surface area contributed by atoms with Gasteiger partial charge in [0.05, 0.1) is 18.7 Å². The zero-order chi connectivity index (χ0) is 32.6. The fourth-order valence-corrected chi connectivity index (χ4v) is 4.79. The molecule has 1 aliphatic rings. The number of ether oxygens (including phenoxy) is 2. The van der Waals surface area contributed by atoms with Gasteiger partial charge in [0, 0.05) is 45.0 Å². The van der Waals surface area contributed by atoms with E-state index >= 15 is 0 Å². The third-order valence-electron chi connectivity index (χ3n) is 7.33. The Bertz CT molecular complexity index is 1310. The van der Waals surface area contributed by atoms with E-state index < -0.39 is 17.7 Å². The number of esters is 1. The van der Waals surface area contributed by atoms with Crippen molar-refractivity contribution in [2.75, 3.05) is 45.2 Å². The summed E-state index contributed by atoms with van der Waals surface area (Å²) in [5, 5.41) is 6.63. The highest BCUT2D eigenvalue weighted by molar-refractivity contribution is 5.91. The number of carbonyl (C=O) groups is 4. The zero-order valence-corrected chi connectivity index (χ0v) is 27.3. The Morgan fingerprint density at radius 3 is 2.18 bits per heavy atom. The van der Waals surface area contributed by atoms with Crippen LogP contribution in [0.25, 0.3) is 0 Å². The van der Waals surface area contributed by atoms with Crippen LogP contribution >= 0.6 is 0 Å². The maximum atomic E-state index is 13.6. The standard InChI is InChI=1S/C33H47N5O6/c1-9-43-31(41)25-15-14-24(4)28(18-25)34-19-29(39)36(16-17-38(23(2)3)32(42)44-33(5,6)7)22-30(40)35(8)37-20-26-12-10-11-13-27(26)21-37/h10-15,18,23,34H,9,16-17,19-22H2,1-8H3. The SMILES string of the molecule is CCOC(=O)c1ccc(C)c(NCC(=O)N(CCN(C(=O)OC(C)(C)C)C(C)C)CC(=O)N(C)N2Cc3ccccc3C2)c1. The summed E-state index contributed by atoms with van der Waals surface area (Å²) in [5.41, 5.74) is 3.48. The third-order valence-corrected chi connectivity index (χ3v) is 7.33. The maximum Gasteiger partial charge on any atom is 0.410 e. The first-order chi connectivity index (χ1) is 20.7. The lowest BCUT2D eigenvalue weighted by Gasteiger charge is -2.33. The predicted octanol–water partition coefficient (Wildman–Crippen LogP) is 4.45. The van der Waals surface area contributed by atoms with Gasteiger partial charge in [0.2, 0.25) is 5.91 Å². The van der Waals surface area contributed by atoms with Gasteiger partial charge in [0.1, 0.15) is 12.1 Å². The van der Waals surface area contributed by atoms with Crippen molar-refractivity contribution in [3.63, 3.8) is 0 Å². The van der Waals surface area contributed by atoms with E-state index in [2.05, 4.69) is 5.32 Å². The van der Waals surface area contributed by atoms with Gasteiger partial charge in [-0.15, -0.1) is 0 Å². The largest absolute Gasteiger partial charge is 0.462 e. The minimum absolute atomic E-state index is 0.118. The number of nitrogens with zero attached hydrogens (tertiary/aromatic N) is 4.